The van der Waals surface area contributed by atoms with Crippen molar-refractivity contribution in [1.82, 2.24) is 9.78 Å². The topological polar surface area (TPSA) is 34.9 Å². The lowest BCUT2D eigenvalue weighted by molar-refractivity contribution is 0.112. The Labute approximate surface area is 110 Å². The molecule has 0 saturated heterocycles. The third kappa shape index (κ3) is 1.75. The second-order valence-corrected chi connectivity index (χ2v) is 5.04. The molecular weight excluding hydrogens is 248 g/mol. The Balaban J connectivity index is 2.18. The van der Waals surface area contributed by atoms with Crippen molar-refractivity contribution < 1.29 is 4.79 Å². The average Bonchev–Trinajstić information content (AvgIpc) is 3.15. The number of benzene rings is 1. The SMILES string of the molecule is Cc1ccccc1-n1nc(C2CC2)c(C=O)c1Cl. The first-order valence-corrected chi connectivity index (χ1v) is 6.39. The minimum atomic E-state index is 0.410. The maximum absolute atomic E-state index is 11.2. The second kappa shape index (κ2) is 4.25. The van der Waals surface area contributed by atoms with Crippen LogP contribution in [-0.2, 0) is 0 Å². The second-order valence-electron chi connectivity index (χ2n) is 4.68. The van der Waals surface area contributed by atoms with Crippen molar-refractivity contribution in [1.29, 1.82) is 0 Å². The number of nitrogens with zero attached hydrogens (tertiary/aromatic N) is 2. The lowest BCUT2D eigenvalue weighted by Gasteiger charge is -2.06. The Bertz CT molecular complexity index is 614. The Morgan fingerprint density at radius 3 is 2.72 bits per heavy atom. The van der Waals surface area contributed by atoms with Crippen LogP contribution in [0.1, 0.15) is 40.4 Å². The molecule has 1 aromatic carbocycles. The number of rotatable bonds is 3. The van der Waals surface area contributed by atoms with E-state index in [0.717, 1.165) is 36.1 Å². The van der Waals surface area contributed by atoms with Gasteiger partial charge in [-0.1, -0.05) is 29.8 Å². The van der Waals surface area contributed by atoms with E-state index in [-0.39, 0.29) is 0 Å². The van der Waals surface area contributed by atoms with Gasteiger partial charge in [-0.05, 0) is 31.4 Å². The van der Waals surface area contributed by atoms with Gasteiger partial charge in [0.25, 0.3) is 0 Å². The molecule has 1 fully saturated rings. The fourth-order valence-corrected chi connectivity index (χ4v) is 2.42. The third-order valence-electron chi connectivity index (χ3n) is 3.32. The number of hydrogen-bond acceptors (Lipinski definition) is 2. The maximum atomic E-state index is 11.2. The van der Waals surface area contributed by atoms with Crippen LogP contribution in [0.2, 0.25) is 5.15 Å². The zero-order valence-corrected chi connectivity index (χ0v) is 10.8. The minimum absolute atomic E-state index is 0.410. The molecule has 3 rings (SSSR count). The van der Waals surface area contributed by atoms with E-state index >= 15 is 0 Å². The molecule has 0 bridgehead atoms. The van der Waals surface area contributed by atoms with Gasteiger partial charge in [0, 0.05) is 5.92 Å². The summed E-state index contributed by atoms with van der Waals surface area (Å²) in [5, 5.41) is 4.94. The smallest absolute Gasteiger partial charge is 0.155 e. The molecule has 2 aromatic rings. The van der Waals surface area contributed by atoms with Gasteiger partial charge in [0.15, 0.2) is 6.29 Å². The number of aryl methyl sites for hydroxylation is 1. The Kier molecular flexibility index (Phi) is 2.71. The Morgan fingerprint density at radius 2 is 2.11 bits per heavy atom. The van der Waals surface area contributed by atoms with E-state index in [1.807, 2.05) is 31.2 Å². The summed E-state index contributed by atoms with van der Waals surface area (Å²) < 4.78 is 1.67. The van der Waals surface area contributed by atoms with E-state index in [9.17, 15) is 4.79 Å². The number of hydrogen-bond donors (Lipinski definition) is 0. The average molecular weight is 261 g/mol. The highest BCUT2D eigenvalue weighted by molar-refractivity contribution is 6.32. The predicted molar refractivity (Wildman–Crippen MR) is 70.7 cm³/mol. The predicted octanol–water partition coefficient (Wildman–Crippen LogP) is 3.52. The van der Waals surface area contributed by atoms with E-state index in [1.54, 1.807) is 4.68 Å². The summed E-state index contributed by atoms with van der Waals surface area (Å²) in [6.45, 7) is 2.00. The van der Waals surface area contributed by atoms with Gasteiger partial charge < -0.3 is 0 Å². The van der Waals surface area contributed by atoms with Gasteiger partial charge in [0.2, 0.25) is 0 Å². The van der Waals surface area contributed by atoms with Crippen LogP contribution in [0, 0.1) is 6.92 Å². The minimum Gasteiger partial charge on any atom is -0.298 e. The van der Waals surface area contributed by atoms with Gasteiger partial charge in [-0.15, -0.1) is 0 Å². The van der Waals surface area contributed by atoms with E-state index in [2.05, 4.69) is 5.10 Å². The van der Waals surface area contributed by atoms with Gasteiger partial charge in [0.1, 0.15) is 5.15 Å². The number of para-hydroxylation sites is 1. The summed E-state index contributed by atoms with van der Waals surface area (Å²) in [6.07, 6.45) is 3.02. The normalized spacial score (nSPS) is 14.8. The summed E-state index contributed by atoms with van der Waals surface area (Å²) in [6, 6.07) is 7.88. The van der Waals surface area contributed by atoms with Gasteiger partial charge in [-0.3, -0.25) is 4.79 Å². The van der Waals surface area contributed by atoms with Crippen molar-refractivity contribution in [2.45, 2.75) is 25.7 Å². The van der Waals surface area contributed by atoms with Crippen LogP contribution in [0.4, 0.5) is 0 Å². The van der Waals surface area contributed by atoms with Crippen molar-refractivity contribution in [3.8, 4) is 5.69 Å². The van der Waals surface area contributed by atoms with Crippen molar-refractivity contribution in [3.63, 3.8) is 0 Å². The molecule has 0 N–H and O–H groups in total. The number of aldehydes is 1. The van der Waals surface area contributed by atoms with Crippen molar-refractivity contribution in [3.05, 3.63) is 46.2 Å². The van der Waals surface area contributed by atoms with Gasteiger partial charge in [-0.2, -0.15) is 5.10 Å². The van der Waals surface area contributed by atoms with Crippen LogP contribution in [0.3, 0.4) is 0 Å². The summed E-state index contributed by atoms with van der Waals surface area (Å²) in [5.41, 5.74) is 3.40. The van der Waals surface area contributed by atoms with E-state index < -0.39 is 0 Å². The molecule has 1 saturated carbocycles. The van der Waals surface area contributed by atoms with Gasteiger partial charge >= 0.3 is 0 Å². The lowest BCUT2D eigenvalue weighted by atomic mass is 10.2. The largest absolute Gasteiger partial charge is 0.298 e. The molecule has 18 heavy (non-hydrogen) atoms. The molecule has 1 aliphatic carbocycles. The molecule has 0 amide bonds. The first kappa shape index (κ1) is 11.5. The third-order valence-corrected chi connectivity index (χ3v) is 3.68. The maximum Gasteiger partial charge on any atom is 0.155 e. The van der Waals surface area contributed by atoms with Crippen LogP contribution < -0.4 is 0 Å². The summed E-state index contributed by atoms with van der Waals surface area (Å²) in [4.78, 5) is 11.2. The standard InChI is InChI=1S/C14H13ClN2O/c1-9-4-2-3-5-12(9)17-14(15)11(8-18)13(16-17)10-6-7-10/h2-5,8,10H,6-7H2,1H3. The van der Waals surface area contributed by atoms with E-state index in [0.29, 0.717) is 16.6 Å². The monoisotopic (exact) mass is 260 g/mol. The fraction of sp³-hybridized carbons (Fsp3) is 0.286. The first-order valence-electron chi connectivity index (χ1n) is 6.02. The zero-order valence-electron chi connectivity index (χ0n) is 10.1. The highest BCUT2D eigenvalue weighted by Crippen LogP contribution is 2.42. The molecule has 92 valence electrons. The summed E-state index contributed by atoms with van der Waals surface area (Å²) in [5.74, 6) is 0.410. The van der Waals surface area contributed by atoms with E-state index in [4.69, 9.17) is 11.6 Å². The molecule has 0 unspecified atom stereocenters. The Morgan fingerprint density at radius 1 is 1.39 bits per heavy atom. The molecule has 1 aliphatic rings. The number of carbonyl (C=O) groups is 1. The number of halogens is 1. The molecule has 1 heterocycles. The highest BCUT2D eigenvalue weighted by Gasteiger charge is 2.31. The zero-order chi connectivity index (χ0) is 12.7. The van der Waals surface area contributed by atoms with Gasteiger partial charge in [-0.25, -0.2) is 4.68 Å². The fourth-order valence-electron chi connectivity index (χ4n) is 2.15. The van der Waals surface area contributed by atoms with Gasteiger partial charge in [0.05, 0.1) is 16.9 Å². The lowest BCUT2D eigenvalue weighted by Crippen LogP contribution is -1.99. The van der Waals surface area contributed by atoms with Crippen LogP contribution in [-0.4, -0.2) is 16.1 Å². The molecular formula is C14H13ClN2O. The first-order chi connectivity index (χ1) is 8.72. The molecule has 0 radical (unpaired) electrons. The van der Waals surface area contributed by atoms with Crippen LogP contribution >= 0.6 is 11.6 Å². The quantitative estimate of drug-likeness (QED) is 0.792. The molecule has 0 aliphatic heterocycles. The molecule has 0 spiro atoms. The van der Waals surface area contributed by atoms with Crippen LogP contribution in [0.25, 0.3) is 5.69 Å². The number of aromatic nitrogens is 2. The van der Waals surface area contributed by atoms with E-state index in [1.165, 1.54) is 0 Å². The summed E-state index contributed by atoms with van der Waals surface area (Å²) >= 11 is 6.28. The van der Waals surface area contributed by atoms with Crippen LogP contribution in [0.15, 0.2) is 24.3 Å². The van der Waals surface area contributed by atoms with Crippen molar-refractivity contribution in [2.24, 2.45) is 0 Å². The van der Waals surface area contributed by atoms with Crippen molar-refractivity contribution in [2.75, 3.05) is 0 Å². The van der Waals surface area contributed by atoms with Crippen molar-refractivity contribution >= 4 is 17.9 Å². The number of carbonyl (C=O) groups excluding carboxylic acids is 1. The molecule has 0 atom stereocenters. The molecule has 3 nitrogen and oxygen atoms in total. The molecule has 1 aromatic heterocycles. The molecule has 4 heteroatoms. The Hall–Kier alpha value is -1.61. The summed E-state index contributed by atoms with van der Waals surface area (Å²) in [7, 11) is 0. The highest BCUT2D eigenvalue weighted by atomic mass is 35.5. The van der Waals surface area contributed by atoms with Crippen LogP contribution in [0.5, 0.6) is 0 Å².